The monoisotopic (exact) mass is 479 g/mol. The van der Waals surface area contributed by atoms with Gasteiger partial charge in [-0.2, -0.15) is 5.10 Å². The summed E-state index contributed by atoms with van der Waals surface area (Å²) in [5.41, 5.74) is 1.36. The molecule has 1 aromatic heterocycles. The second-order valence-corrected chi connectivity index (χ2v) is 9.48. The van der Waals surface area contributed by atoms with E-state index >= 15 is 0 Å². The van der Waals surface area contributed by atoms with E-state index in [1.165, 1.54) is 0 Å². The number of benzene rings is 2. The number of nitrogens with one attached hydrogen (secondary N) is 1. The third-order valence-corrected chi connectivity index (χ3v) is 6.69. The van der Waals surface area contributed by atoms with Crippen molar-refractivity contribution in [1.82, 2.24) is 19.6 Å². The Labute approximate surface area is 205 Å². The fourth-order valence-corrected chi connectivity index (χ4v) is 4.42. The van der Waals surface area contributed by atoms with Gasteiger partial charge in [-0.25, -0.2) is 4.68 Å². The normalized spacial score (nSPS) is 14.7. The van der Waals surface area contributed by atoms with Crippen LogP contribution in [0.5, 0.6) is 0 Å². The first-order valence-electron chi connectivity index (χ1n) is 11.5. The topological polar surface area (TPSA) is 70.5 Å². The number of carbonyl (C=O) groups is 2. The minimum absolute atomic E-state index is 0.106. The van der Waals surface area contributed by atoms with E-state index < -0.39 is 5.41 Å². The molecule has 2 amide bonds. The molecule has 0 aliphatic carbocycles. The fourth-order valence-electron chi connectivity index (χ4n) is 4.22. The van der Waals surface area contributed by atoms with Crippen LogP contribution in [0.4, 0.5) is 5.82 Å². The number of nitrogens with zero attached hydrogens (tertiary/aromatic N) is 4. The Morgan fingerprint density at radius 1 is 0.971 bits per heavy atom. The third kappa shape index (κ3) is 5.48. The van der Waals surface area contributed by atoms with Crippen molar-refractivity contribution < 1.29 is 9.59 Å². The van der Waals surface area contributed by atoms with Gasteiger partial charge in [0.15, 0.2) is 0 Å². The minimum Gasteiger partial charge on any atom is -0.339 e. The SMILES string of the molecule is CC(C)(C(=O)N1CCN(CC(=O)Nc2ccnn2Cc2ccccc2Cl)CC1)c1ccccc1. The van der Waals surface area contributed by atoms with E-state index in [2.05, 4.69) is 15.3 Å². The average molecular weight is 480 g/mol. The van der Waals surface area contributed by atoms with E-state index in [9.17, 15) is 9.59 Å². The molecule has 0 bridgehead atoms. The molecule has 1 aliphatic rings. The molecular formula is C26H30ClN5O2. The number of rotatable bonds is 7. The van der Waals surface area contributed by atoms with Crippen molar-refractivity contribution in [3.63, 3.8) is 0 Å². The lowest BCUT2D eigenvalue weighted by Crippen LogP contribution is -2.54. The maximum atomic E-state index is 13.2. The largest absolute Gasteiger partial charge is 0.339 e. The molecule has 1 saturated heterocycles. The molecule has 4 rings (SSSR count). The number of piperazine rings is 1. The van der Waals surface area contributed by atoms with Crippen LogP contribution in [0.1, 0.15) is 25.0 Å². The maximum absolute atomic E-state index is 13.2. The lowest BCUT2D eigenvalue weighted by Gasteiger charge is -2.38. The van der Waals surface area contributed by atoms with E-state index in [1.807, 2.05) is 73.3 Å². The predicted octanol–water partition coefficient (Wildman–Crippen LogP) is 3.65. The number of aromatic nitrogens is 2. The Morgan fingerprint density at radius 3 is 2.35 bits per heavy atom. The number of anilines is 1. The van der Waals surface area contributed by atoms with Crippen LogP contribution >= 0.6 is 11.6 Å². The van der Waals surface area contributed by atoms with Crippen LogP contribution in [0.15, 0.2) is 66.9 Å². The van der Waals surface area contributed by atoms with Crippen molar-refractivity contribution in [3.05, 3.63) is 83.0 Å². The van der Waals surface area contributed by atoms with Crippen LogP contribution in [0.2, 0.25) is 5.02 Å². The first-order valence-corrected chi connectivity index (χ1v) is 11.8. The third-order valence-electron chi connectivity index (χ3n) is 6.32. The van der Waals surface area contributed by atoms with Gasteiger partial charge in [-0.1, -0.05) is 60.1 Å². The van der Waals surface area contributed by atoms with Crippen molar-refractivity contribution in [2.75, 3.05) is 38.0 Å². The molecule has 0 unspecified atom stereocenters. The summed E-state index contributed by atoms with van der Waals surface area (Å²) in [5, 5.41) is 7.93. The van der Waals surface area contributed by atoms with Crippen LogP contribution in [0, 0.1) is 0 Å². The average Bonchev–Trinajstić information content (AvgIpc) is 3.27. The molecule has 7 nitrogen and oxygen atoms in total. The Hall–Kier alpha value is -3.16. The van der Waals surface area contributed by atoms with Crippen molar-refractivity contribution in [3.8, 4) is 0 Å². The second kappa shape index (κ2) is 10.4. The molecular weight excluding hydrogens is 450 g/mol. The van der Waals surface area contributed by atoms with Crippen molar-refractivity contribution in [2.24, 2.45) is 0 Å². The van der Waals surface area contributed by atoms with Crippen LogP contribution in [-0.2, 0) is 21.5 Å². The quantitative estimate of drug-likeness (QED) is 0.561. The molecule has 8 heteroatoms. The second-order valence-electron chi connectivity index (χ2n) is 9.07. The Morgan fingerprint density at radius 2 is 1.65 bits per heavy atom. The van der Waals surface area contributed by atoms with E-state index in [-0.39, 0.29) is 18.4 Å². The minimum atomic E-state index is -0.582. The van der Waals surface area contributed by atoms with Crippen molar-refractivity contribution in [1.29, 1.82) is 0 Å². The number of hydrogen-bond acceptors (Lipinski definition) is 4. The Balaban J connectivity index is 1.29. The number of hydrogen-bond donors (Lipinski definition) is 1. The van der Waals surface area contributed by atoms with E-state index in [0.29, 0.717) is 43.6 Å². The van der Waals surface area contributed by atoms with E-state index in [0.717, 1.165) is 11.1 Å². The molecule has 1 N–H and O–H groups in total. The number of carbonyl (C=O) groups excluding carboxylic acids is 2. The van der Waals surface area contributed by atoms with Crippen molar-refractivity contribution >= 4 is 29.2 Å². The fraction of sp³-hybridized carbons (Fsp3) is 0.346. The lowest BCUT2D eigenvalue weighted by molar-refractivity contribution is -0.138. The van der Waals surface area contributed by atoms with Gasteiger partial charge in [-0.3, -0.25) is 14.5 Å². The number of amides is 2. The summed E-state index contributed by atoms with van der Waals surface area (Å²) in [4.78, 5) is 29.9. The molecule has 178 valence electrons. The molecule has 3 aromatic rings. The predicted molar refractivity (Wildman–Crippen MR) is 134 cm³/mol. The molecule has 2 heterocycles. The van der Waals surface area contributed by atoms with E-state index in [4.69, 9.17) is 11.6 Å². The molecule has 0 atom stereocenters. The van der Waals surface area contributed by atoms with Gasteiger partial charge in [-0.15, -0.1) is 0 Å². The highest BCUT2D eigenvalue weighted by atomic mass is 35.5. The van der Waals surface area contributed by atoms with Gasteiger partial charge in [0, 0.05) is 37.3 Å². The summed E-state index contributed by atoms with van der Waals surface area (Å²) in [7, 11) is 0. The summed E-state index contributed by atoms with van der Waals surface area (Å²) in [6.07, 6.45) is 1.66. The van der Waals surface area contributed by atoms with Gasteiger partial charge in [0.2, 0.25) is 11.8 Å². The lowest BCUT2D eigenvalue weighted by atomic mass is 9.83. The smallest absolute Gasteiger partial charge is 0.239 e. The van der Waals surface area contributed by atoms with Gasteiger partial charge in [0.05, 0.1) is 24.7 Å². The van der Waals surface area contributed by atoms with Gasteiger partial charge in [0.1, 0.15) is 5.82 Å². The molecule has 0 spiro atoms. The van der Waals surface area contributed by atoms with Crippen molar-refractivity contribution in [2.45, 2.75) is 25.8 Å². The number of halogens is 1. The zero-order valence-corrected chi connectivity index (χ0v) is 20.3. The molecule has 1 fully saturated rings. The van der Waals surface area contributed by atoms with Crippen LogP contribution in [0.3, 0.4) is 0 Å². The van der Waals surface area contributed by atoms with Gasteiger partial charge < -0.3 is 10.2 Å². The molecule has 34 heavy (non-hydrogen) atoms. The zero-order chi connectivity index (χ0) is 24.1. The zero-order valence-electron chi connectivity index (χ0n) is 19.6. The Kier molecular flexibility index (Phi) is 7.34. The molecule has 2 aromatic carbocycles. The highest BCUT2D eigenvalue weighted by molar-refractivity contribution is 6.31. The van der Waals surface area contributed by atoms with Crippen LogP contribution in [-0.4, -0.2) is 64.1 Å². The summed E-state index contributed by atoms with van der Waals surface area (Å²) in [6, 6.07) is 19.2. The van der Waals surface area contributed by atoms with Gasteiger partial charge >= 0.3 is 0 Å². The van der Waals surface area contributed by atoms with Gasteiger partial charge in [0.25, 0.3) is 0 Å². The first-order chi connectivity index (χ1) is 16.3. The molecule has 1 aliphatic heterocycles. The maximum Gasteiger partial charge on any atom is 0.239 e. The van der Waals surface area contributed by atoms with Gasteiger partial charge in [-0.05, 0) is 31.0 Å². The van der Waals surface area contributed by atoms with Crippen LogP contribution < -0.4 is 5.32 Å². The summed E-state index contributed by atoms with van der Waals surface area (Å²) in [6.45, 7) is 7.19. The molecule has 0 saturated carbocycles. The van der Waals surface area contributed by atoms with Crippen LogP contribution in [0.25, 0.3) is 0 Å². The summed E-state index contributed by atoms with van der Waals surface area (Å²) in [5.74, 6) is 0.639. The van der Waals surface area contributed by atoms with E-state index in [1.54, 1.807) is 16.9 Å². The molecule has 0 radical (unpaired) electrons. The summed E-state index contributed by atoms with van der Waals surface area (Å²) >= 11 is 6.26. The Bertz CT molecular complexity index is 1140. The summed E-state index contributed by atoms with van der Waals surface area (Å²) < 4.78 is 1.72. The standard InChI is InChI=1S/C26H30ClN5O2/c1-26(2,21-9-4-3-5-10-21)25(34)31-16-14-30(15-17-31)19-24(33)29-23-12-13-28-32(23)18-20-8-6-7-11-22(20)27/h3-13H,14-19H2,1-2H3,(H,29,33). The first kappa shape index (κ1) is 24.0. The highest BCUT2D eigenvalue weighted by Gasteiger charge is 2.35. The highest BCUT2D eigenvalue weighted by Crippen LogP contribution is 2.26.